The van der Waals surface area contributed by atoms with Crippen molar-refractivity contribution in [3.63, 3.8) is 0 Å². The second-order valence-electron chi connectivity index (χ2n) is 8.62. The fourth-order valence-corrected chi connectivity index (χ4v) is 3.03. The van der Waals surface area contributed by atoms with Crippen LogP contribution in [0.15, 0.2) is 36.4 Å². The molecule has 2 heteroatoms. The van der Waals surface area contributed by atoms with E-state index in [0.29, 0.717) is 5.75 Å². The Morgan fingerprint density at radius 2 is 1.21 bits per heavy atom. The summed E-state index contributed by atoms with van der Waals surface area (Å²) in [6.07, 6.45) is 0. The molecule has 2 aromatic rings. The number of hydrogen-bond donors (Lipinski definition) is 1. The fraction of sp³-hybridized carbons (Fsp3) is 0.409. The van der Waals surface area contributed by atoms with Crippen molar-refractivity contribution in [1.29, 1.82) is 0 Å². The van der Waals surface area contributed by atoms with Crippen LogP contribution in [0.4, 0.5) is 0 Å². The summed E-state index contributed by atoms with van der Waals surface area (Å²) < 4.78 is 0. The summed E-state index contributed by atoms with van der Waals surface area (Å²) >= 11 is 5.76. The molecule has 0 aliphatic heterocycles. The van der Waals surface area contributed by atoms with Crippen molar-refractivity contribution in [3.05, 3.63) is 64.2 Å². The maximum atomic E-state index is 10.8. The van der Waals surface area contributed by atoms with Gasteiger partial charge in [-0.3, -0.25) is 0 Å². The zero-order valence-corrected chi connectivity index (χ0v) is 16.6. The van der Waals surface area contributed by atoms with Crippen LogP contribution in [0.25, 0.3) is 0 Å². The van der Waals surface area contributed by atoms with Gasteiger partial charge >= 0.3 is 0 Å². The highest BCUT2D eigenvalue weighted by Crippen LogP contribution is 2.40. The van der Waals surface area contributed by atoms with Crippen LogP contribution in [-0.4, -0.2) is 9.97 Å². The van der Waals surface area contributed by atoms with Crippen molar-refractivity contribution in [2.24, 2.45) is 0 Å². The van der Waals surface area contributed by atoms with Crippen molar-refractivity contribution < 1.29 is 5.11 Å². The zero-order chi connectivity index (χ0) is 18.3. The molecule has 2 rings (SSSR count). The average Bonchev–Trinajstić information content (AvgIpc) is 2.45. The minimum Gasteiger partial charge on any atom is -0.507 e. The monoisotopic (exact) mass is 340 g/mol. The molecule has 0 saturated heterocycles. The van der Waals surface area contributed by atoms with E-state index in [2.05, 4.69) is 72.7 Å². The van der Waals surface area contributed by atoms with Gasteiger partial charge < -0.3 is 5.11 Å². The van der Waals surface area contributed by atoms with E-state index in [4.69, 9.17) is 12.2 Å². The molecule has 0 amide bonds. The van der Waals surface area contributed by atoms with Crippen LogP contribution in [0, 0.1) is 6.92 Å². The summed E-state index contributed by atoms with van der Waals surface area (Å²) in [7, 11) is 0. The van der Waals surface area contributed by atoms with Crippen molar-refractivity contribution in [3.8, 4) is 5.75 Å². The predicted octanol–water partition coefficient (Wildman–Crippen LogP) is 6.06. The number of phenols is 1. The van der Waals surface area contributed by atoms with Gasteiger partial charge in [0.15, 0.2) is 0 Å². The first kappa shape index (κ1) is 18.7. The minimum absolute atomic E-state index is 0.150. The van der Waals surface area contributed by atoms with Gasteiger partial charge in [0.1, 0.15) is 5.75 Å². The number of thiocarbonyl (C=S) groups is 1. The summed E-state index contributed by atoms with van der Waals surface area (Å²) in [5.41, 5.74) is 4.85. The lowest BCUT2D eigenvalue weighted by atomic mass is 9.78. The first-order valence-electron chi connectivity index (χ1n) is 8.40. The Morgan fingerprint density at radius 1 is 0.792 bits per heavy atom. The first-order chi connectivity index (χ1) is 10.9. The number of hydrogen-bond acceptors (Lipinski definition) is 2. The quantitative estimate of drug-likeness (QED) is 0.529. The van der Waals surface area contributed by atoms with E-state index >= 15 is 0 Å². The zero-order valence-electron chi connectivity index (χ0n) is 15.8. The molecule has 0 bridgehead atoms. The Kier molecular flexibility index (Phi) is 4.92. The van der Waals surface area contributed by atoms with Gasteiger partial charge in [-0.1, -0.05) is 83.6 Å². The Bertz CT molecular complexity index is 721. The van der Waals surface area contributed by atoms with Crippen LogP contribution in [0.2, 0.25) is 0 Å². The SMILES string of the molecule is Cc1ccc(C(=S)c2cc(C(C)(C)C)c(O)c(C(C)(C)C)c2)cc1. The van der Waals surface area contributed by atoms with E-state index in [1.165, 1.54) is 5.56 Å². The van der Waals surface area contributed by atoms with Crippen molar-refractivity contribution in [1.82, 2.24) is 0 Å². The standard InChI is InChI=1S/C22H28OS/c1-14-8-10-15(11-9-14)20(24)16-12-17(21(2,3)4)19(23)18(13-16)22(5,6)7/h8-13,23H,1-7H3. The van der Waals surface area contributed by atoms with E-state index in [1.54, 1.807) is 0 Å². The van der Waals surface area contributed by atoms with Crippen LogP contribution in [0.3, 0.4) is 0 Å². The lowest BCUT2D eigenvalue weighted by molar-refractivity contribution is 0.423. The van der Waals surface area contributed by atoms with E-state index in [0.717, 1.165) is 27.1 Å². The minimum atomic E-state index is -0.150. The van der Waals surface area contributed by atoms with E-state index in [-0.39, 0.29) is 10.8 Å². The summed E-state index contributed by atoms with van der Waals surface area (Å²) in [5.74, 6) is 0.394. The van der Waals surface area contributed by atoms with E-state index < -0.39 is 0 Å². The number of aromatic hydroxyl groups is 1. The molecule has 24 heavy (non-hydrogen) atoms. The van der Waals surface area contributed by atoms with Crippen molar-refractivity contribution in [2.75, 3.05) is 0 Å². The smallest absolute Gasteiger partial charge is 0.123 e. The summed E-state index contributed by atoms with van der Waals surface area (Å²) in [5, 5.41) is 10.8. The summed E-state index contributed by atoms with van der Waals surface area (Å²) in [6, 6.07) is 12.4. The Hall–Kier alpha value is -1.67. The average molecular weight is 341 g/mol. The molecule has 1 nitrogen and oxygen atoms in total. The lowest BCUT2D eigenvalue weighted by Gasteiger charge is -2.28. The Labute approximate surface area is 151 Å². The largest absolute Gasteiger partial charge is 0.507 e. The highest BCUT2D eigenvalue weighted by molar-refractivity contribution is 7.81. The number of benzene rings is 2. The molecular weight excluding hydrogens is 312 g/mol. The summed E-state index contributed by atoms with van der Waals surface area (Å²) in [4.78, 5) is 0.825. The summed E-state index contributed by atoms with van der Waals surface area (Å²) in [6.45, 7) is 14.8. The molecule has 0 heterocycles. The second kappa shape index (κ2) is 6.33. The van der Waals surface area contributed by atoms with Crippen LogP contribution in [0.1, 0.15) is 69.4 Å². The molecule has 0 aliphatic rings. The second-order valence-corrected chi connectivity index (χ2v) is 9.02. The predicted molar refractivity (Wildman–Crippen MR) is 107 cm³/mol. The molecule has 0 spiro atoms. The van der Waals surface area contributed by atoms with Crippen LogP contribution in [-0.2, 0) is 10.8 Å². The van der Waals surface area contributed by atoms with E-state index in [1.807, 2.05) is 12.1 Å². The fourth-order valence-electron chi connectivity index (χ4n) is 2.78. The molecule has 1 N–H and O–H groups in total. The van der Waals surface area contributed by atoms with Gasteiger partial charge in [0.2, 0.25) is 0 Å². The van der Waals surface area contributed by atoms with Gasteiger partial charge in [-0.05, 0) is 41.0 Å². The topological polar surface area (TPSA) is 20.2 Å². The highest BCUT2D eigenvalue weighted by atomic mass is 32.1. The Morgan fingerprint density at radius 3 is 1.58 bits per heavy atom. The molecular formula is C22H28OS. The van der Waals surface area contributed by atoms with Gasteiger partial charge in [-0.2, -0.15) is 0 Å². The van der Waals surface area contributed by atoms with Gasteiger partial charge in [-0.25, -0.2) is 0 Å². The molecule has 0 saturated carbocycles. The molecule has 0 unspecified atom stereocenters. The van der Waals surface area contributed by atoms with Crippen LogP contribution >= 0.6 is 12.2 Å². The van der Waals surface area contributed by atoms with E-state index in [9.17, 15) is 5.11 Å². The molecule has 0 fully saturated rings. The van der Waals surface area contributed by atoms with Crippen LogP contribution in [0.5, 0.6) is 5.75 Å². The van der Waals surface area contributed by atoms with Crippen LogP contribution < -0.4 is 0 Å². The Balaban J connectivity index is 2.66. The third kappa shape index (κ3) is 3.87. The molecule has 0 atom stereocenters. The number of aryl methyl sites for hydroxylation is 1. The normalized spacial score (nSPS) is 12.3. The highest BCUT2D eigenvalue weighted by Gasteiger charge is 2.27. The van der Waals surface area contributed by atoms with Gasteiger partial charge in [0.05, 0.1) is 4.86 Å². The lowest BCUT2D eigenvalue weighted by Crippen LogP contribution is -2.19. The maximum Gasteiger partial charge on any atom is 0.123 e. The van der Waals surface area contributed by atoms with Crippen molar-refractivity contribution in [2.45, 2.75) is 59.3 Å². The number of rotatable bonds is 2. The maximum absolute atomic E-state index is 10.8. The molecule has 0 radical (unpaired) electrons. The molecule has 2 aromatic carbocycles. The first-order valence-corrected chi connectivity index (χ1v) is 8.81. The molecule has 128 valence electrons. The van der Waals surface area contributed by atoms with Gasteiger partial charge in [0.25, 0.3) is 0 Å². The third-order valence-corrected chi connectivity index (χ3v) is 4.77. The molecule has 0 aliphatic carbocycles. The third-order valence-electron chi connectivity index (χ3n) is 4.30. The number of phenolic OH excluding ortho intramolecular Hbond substituents is 1. The van der Waals surface area contributed by atoms with Crippen molar-refractivity contribution >= 4 is 17.1 Å². The van der Waals surface area contributed by atoms with Gasteiger partial charge in [0, 0.05) is 11.1 Å². The van der Waals surface area contributed by atoms with Gasteiger partial charge in [-0.15, -0.1) is 0 Å². The molecule has 0 aromatic heterocycles.